The number of H-pyrrole nitrogens is 1. The standard InChI is InChI=1S/C11H12N2O4/c1-2-16-10(14)6-12-11(15)8-5-9-7(13-8)3-4-17-9/h3-5,13H,2,6H2,1H3,(H,12,15). The zero-order valence-corrected chi connectivity index (χ0v) is 9.28. The SMILES string of the molecule is CCOC(=O)CNC(=O)c1cc2occc2[nH]1. The largest absolute Gasteiger partial charge is 0.465 e. The number of amides is 1. The second-order valence-electron chi connectivity index (χ2n) is 3.37. The first kappa shape index (κ1) is 11.3. The van der Waals surface area contributed by atoms with Crippen LogP contribution in [0.25, 0.3) is 11.1 Å². The number of esters is 1. The number of furan rings is 1. The summed E-state index contributed by atoms with van der Waals surface area (Å²) in [5, 5.41) is 2.45. The lowest BCUT2D eigenvalue weighted by Crippen LogP contribution is -2.30. The Morgan fingerprint density at radius 2 is 2.35 bits per heavy atom. The molecule has 2 heterocycles. The number of aromatic nitrogens is 1. The van der Waals surface area contributed by atoms with Gasteiger partial charge in [-0.25, -0.2) is 0 Å². The Kier molecular flexibility index (Phi) is 3.13. The van der Waals surface area contributed by atoms with Crippen molar-refractivity contribution in [2.45, 2.75) is 6.92 Å². The Morgan fingerprint density at radius 1 is 1.53 bits per heavy atom. The molecule has 0 saturated heterocycles. The summed E-state index contributed by atoms with van der Waals surface area (Å²) >= 11 is 0. The van der Waals surface area contributed by atoms with Gasteiger partial charge in [0.25, 0.3) is 5.91 Å². The minimum Gasteiger partial charge on any atom is -0.465 e. The molecule has 2 aromatic rings. The van der Waals surface area contributed by atoms with Gasteiger partial charge in [0.05, 0.1) is 18.4 Å². The number of nitrogens with one attached hydrogen (secondary N) is 2. The van der Waals surface area contributed by atoms with E-state index >= 15 is 0 Å². The molecule has 0 unspecified atom stereocenters. The molecule has 0 aliphatic heterocycles. The molecule has 2 N–H and O–H groups in total. The number of aromatic amines is 1. The molecule has 0 atom stereocenters. The van der Waals surface area contributed by atoms with E-state index in [9.17, 15) is 9.59 Å². The number of rotatable bonds is 4. The van der Waals surface area contributed by atoms with Crippen molar-refractivity contribution in [3.63, 3.8) is 0 Å². The highest BCUT2D eigenvalue weighted by atomic mass is 16.5. The van der Waals surface area contributed by atoms with E-state index in [4.69, 9.17) is 4.42 Å². The maximum atomic E-state index is 11.6. The van der Waals surface area contributed by atoms with E-state index in [2.05, 4.69) is 15.0 Å². The Balaban J connectivity index is 1.96. The third-order valence-corrected chi connectivity index (χ3v) is 2.18. The lowest BCUT2D eigenvalue weighted by molar-refractivity contribution is -0.141. The molecule has 0 aliphatic rings. The first-order valence-electron chi connectivity index (χ1n) is 5.20. The molecule has 0 aliphatic carbocycles. The predicted octanol–water partition coefficient (Wildman–Crippen LogP) is 1.05. The van der Waals surface area contributed by atoms with Crippen LogP contribution in [-0.4, -0.2) is 30.0 Å². The maximum Gasteiger partial charge on any atom is 0.325 e. The summed E-state index contributed by atoms with van der Waals surface area (Å²) in [5.41, 5.74) is 1.70. The van der Waals surface area contributed by atoms with E-state index < -0.39 is 5.97 Å². The van der Waals surface area contributed by atoms with Crippen molar-refractivity contribution in [3.8, 4) is 0 Å². The summed E-state index contributed by atoms with van der Waals surface area (Å²) in [7, 11) is 0. The van der Waals surface area contributed by atoms with Gasteiger partial charge in [-0.1, -0.05) is 0 Å². The quantitative estimate of drug-likeness (QED) is 0.777. The molecule has 90 valence electrons. The average molecular weight is 236 g/mol. The highest BCUT2D eigenvalue weighted by Crippen LogP contribution is 2.15. The third kappa shape index (κ3) is 2.47. The van der Waals surface area contributed by atoms with Gasteiger partial charge in [0, 0.05) is 12.1 Å². The number of fused-ring (bicyclic) bond motifs is 1. The number of ether oxygens (including phenoxy) is 1. The van der Waals surface area contributed by atoms with Gasteiger partial charge in [-0.3, -0.25) is 9.59 Å². The van der Waals surface area contributed by atoms with Crippen molar-refractivity contribution in [1.82, 2.24) is 10.3 Å². The van der Waals surface area contributed by atoms with Crippen LogP contribution in [-0.2, 0) is 9.53 Å². The van der Waals surface area contributed by atoms with Gasteiger partial charge >= 0.3 is 5.97 Å². The molecule has 2 rings (SSSR count). The summed E-state index contributed by atoms with van der Waals surface area (Å²) < 4.78 is 9.80. The van der Waals surface area contributed by atoms with Gasteiger partial charge < -0.3 is 19.5 Å². The van der Waals surface area contributed by atoms with Gasteiger partial charge in [-0.15, -0.1) is 0 Å². The molecule has 6 nitrogen and oxygen atoms in total. The number of carbonyl (C=O) groups excluding carboxylic acids is 2. The molecule has 0 fully saturated rings. The summed E-state index contributed by atoms with van der Waals surface area (Å²) in [5.74, 6) is -0.833. The fourth-order valence-electron chi connectivity index (χ4n) is 1.43. The van der Waals surface area contributed by atoms with E-state index in [1.54, 1.807) is 19.1 Å². The molecule has 2 aromatic heterocycles. The summed E-state index contributed by atoms with van der Waals surface area (Å²) in [6, 6.07) is 3.30. The predicted molar refractivity (Wildman–Crippen MR) is 59.5 cm³/mol. The van der Waals surface area contributed by atoms with Crippen LogP contribution in [0.5, 0.6) is 0 Å². The normalized spacial score (nSPS) is 10.4. The van der Waals surface area contributed by atoms with Crippen LogP contribution in [0.2, 0.25) is 0 Å². The Labute approximate surface area is 96.9 Å². The molecule has 6 heteroatoms. The molecular weight excluding hydrogens is 224 g/mol. The maximum absolute atomic E-state index is 11.6. The lowest BCUT2D eigenvalue weighted by atomic mass is 10.4. The van der Waals surface area contributed by atoms with Crippen LogP contribution in [0.1, 0.15) is 17.4 Å². The van der Waals surface area contributed by atoms with Crippen LogP contribution < -0.4 is 5.32 Å². The van der Waals surface area contributed by atoms with Crippen molar-refractivity contribution < 1.29 is 18.7 Å². The number of hydrogen-bond acceptors (Lipinski definition) is 4. The van der Waals surface area contributed by atoms with Crippen molar-refractivity contribution in [1.29, 1.82) is 0 Å². The first-order valence-corrected chi connectivity index (χ1v) is 5.20. The van der Waals surface area contributed by atoms with Crippen LogP contribution in [0.4, 0.5) is 0 Å². The van der Waals surface area contributed by atoms with Crippen LogP contribution in [0.3, 0.4) is 0 Å². The molecule has 1 amide bonds. The van der Waals surface area contributed by atoms with Crippen LogP contribution in [0, 0.1) is 0 Å². The molecule has 17 heavy (non-hydrogen) atoms. The van der Waals surface area contributed by atoms with Crippen LogP contribution >= 0.6 is 0 Å². The topological polar surface area (TPSA) is 84.3 Å². The van der Waals surface area contributed by atoms with Crippen molar-refractivity contribution in [3.05, 3.63) is 24.1 Å². The molecule has 0 bridgehead atoms. The van der Waals surface area contributed by atoms with Gasteiger partial charge in [0.1, 0.15) is 12.2 Å². The summed E-state index contributed by atoms with van der Waals surface area (Å²) in [6.45, 7) is 1.86. The van der Waals surface area contributed by atoms with E-state index in [0.717, 1.165) is 5.52 Å². The number of carbonyl (C=O) groups is 2. The molecule has 0 spiro atoms. The van der Waals surface area contributed by atoms with Gasteiger partial charge in [-0.05, 0) is 6.92 Å². The van der Waals surface area contributed by atoms with E-state index in [-0.39, 0.29) is 12.5 Å². The Morgan fingerprint density at radius 3 is 3.06 bits per heavy atom. The first-order chi connectivity index (χ1) is 8.20. The molecule has 0 radical (unpaired) electrons. The van der Waals surface area contributed by atoms with E-state index in [1.165, 1.54) is 6.26 Å². The van der Waals surface area contributed by atoms with Gasteiger partial charge in [-0.2, -0.15) is 0 Å². The van der Waals surface area contributed by atoms with Gasteiger partial charge in [0.15, 0.2) is 5.58 Å². The smallest absolute Gasteiger partial charge is 0.325 e. The van der Waals surface area contributed by atoms with Crippen molar-refractivity contribution >= 4 is 23.0 Å². The minimum atomic E-state index is -0.462. The fourth-order valence-corrected chi connectivity index (χ4v) is 1.43. The third-order valence-electron chi connectivity index (χ3n) is 2.18. The average Bonchev–Trinajstić information content (AvgIpc) is 2.86. The molecule has 0 aromatic carbocycles. The molecule has 0 saturated carbocycles. The van der Waals surface area contributed by atoms with E-state index in [0.29, 0.717) is 17.9 Å². The van der Waals surface area contributed by atoms with Crippen molar-refractivity contribution in [2.24, 2.45) is 0 Å². The van der Waals surface area contributed by atoms with Gasteiger partial charge in [0.2, 0.25) is 0 Å². The zero-order valence-electron chi connectivity index (χ0n) is 9.28. The van der Waals surface area contributed by atoms with Crippen LogP contribution in [0.15, 0.2) is 22.8 Å². The summed E-state index contributed by atoms with van der Waals surface area (Å²) in [6.07, 6.45) is 1.53. The van der Waals surface area contributed by atoms with E-state index in [1.807, 2.05) is 0 Å². The minimum absolute atomic E-state index is 0.146. The van der Waals surface area contributed by atoms with Crippen molar-refractivity contribution in [2.75, 3.05) is 13.2 Å². The lowest BCUT2D eigenvalue weighted by Gasteiger charge is -2.02. The monoisotopic (exact) mass is 236 g/mol. The Bertz CT molecular complexity index is 512. The second kappa shape index (κ2) is 4.73. The fraction of sp³-hybridized carbons (Fsp3) is 0.273. The highest BCUT2D eigenvalue weighted by Gasteiger charge is 2.12. The number of hydrogen-bond donors (Lipinski definition) is 2. The second-order valence-corrected chi connectivity index (χ2v) is 3.37. The zero-order chi connectivity index (χ0) is 12.3. The highest BCUT2D eigenvalue weighted by molar-refractivity contribution is 5.98. The Hall–Kier alpha value is -2.24. The summed E-state index contributed by atoms with van der Waals surface area (Å²) in [4.78, 5) is 25.5. The molecular formula is C11H12N2O4.